The highest BCUT2D eigenvalue weighted by atomic mass is 16.5. The number of fused-ring (bicyclic) bond motifs is 1. The van der Waals surface area contributed by atoms with E-state index in [0.29, 0.717) is 0 Å². The maximum Gasteiger partial charge on any atom is 0.341 e. The second-order valence-electron chi connectivity index (χ2n) is 4.32. The smallest absolute Gasteiger partial charge is 0.341 e. The zero-order valence-electron chi connectivity index (χ0n) is 11.7. The van der Waals surface area contributed by atoms with Crippen LogP contribution in [0.3, 0.4) is 0 Å². The molecule has 0 amide bonds. The van der Waals surface area contributed by atoms with Crippen LogP contribution in [0.5, 0.6) is 0 Å². The molecule has 0 unspecified atom stereocenters. The van der Waals surface area contributed by atoms with Gasteiger partial charge in [-0.3, -0.25) is 14.4 Å². The SMILES string of the molecule is COC(=O)c1cc2c(cc(C(=O)OC)c1=O)C(=O)C=CC2=O. The van der Waals surface area contributed by atoms with E-state index in [-0.39, 0.29) is 11.1 Å². The van der Waals surface area contributed by atoms with Crippen molar-refractivity contribution in [2.24, 2.45) is 0 Å². The number of rotatable bonds is 2. The monoisotopic (exact) mass is 302 g/mol. The van der Waals surface area contributed by atoms with E-state index in [2.05, 4.69) is 9.47 Å². The van der Waals surface area contributed by atoms with E-state index < -0.39 is 40.1 Å². The topological polar surface area (TPSA) is 104 Å². The molecule has 1 aliphatic rings. The molecular formula is C15H10O7. The molecule has 2 rings (SSSR count). The van der Waals surface area contributed by atoms with Crippen LogP contribution in [0.1, 0.15) is 41.4 Å². The third kappa shape index (κ3) is 2.44. The zero-order chi connectivity index (χ0) is 16.4. The van der Waals surface area contributed by atoms with E-state index in [4.69, 9.17) is 0 Å². The Morgan fingerprint density at radius 2 is 1.14 bits per heavy atom. The van der Waals surface area contributed by atoms with Gasteiger partial charge < -0.3 is 9.47 Å². The summed E-state index contributed by atoms with van der Waals surface area (Å²) in [6.45, 7) is 0. The fourth-order valence-corrected chi connectivity index (χ4v) is 1.98. The molecular weight excluding hydrogens is 292 g/mol. The molecule has 0 N–H and O–H groups in total. The largest absolute Gasteiger partial charge is 0.465 e. The molecule has 0 heterocycles. The fraction of sp³-hybridized carbons (Fsp3) is 0.133. The average Bonchev–Trinajstić information content (AvgIpc) is 2.67. The molecule has 112 valence electrons. The molecule has 0 bridgehead atoms. The van der Waals surface area contributed by atoms with E-state index >= 15 is 0 Å². The molecule has 7 nitrogen and oxygen atoms in total. The summed E-state index contributed by atoms with van der Waals surface area (Å²) in [5.74, 6) is -3.18. The molecule has 1 aliphatic carbocycles. The number of methoxy groups -OCH3 is 2. The van der Waals surface area contributed by atoms with Gasteiger partial charge in [-0.05, 0) is 24.3 Å². The molecule has 0 radical (unpaired) electrons. The first-order valence-corrected chi connectivity index (χ1v) is 6.06. The molecule has 22 heavy (non-hydrogen) atoms. The second-order valence-corrected chi connectivity index (χ2v) is 4.32. The predicted octanol–water partition coefficient (Wildman–Crippen LogP) is 0.555. The van der Waals surface area contributed by atoms with Crippen LogP contribution in [-0.2, 0) is 9.47 Å². The summed E-state index contributed by atoms with van der Waals surface area (Å²) < 4.78 is 8.95. The predicted molar refractivity (Wildman–Crippen MR) is 73.2 cm³/mol. The van der Waals surface area contributed by atoms with Crippen molar-refractivity contribution in [2.75, 3.05) is 14.2 Å². The summed E-state index contributed by atoms with van der Waals surface area (Å²) in [4.78, 5) is 59.5. The van der Waals surface area contributed by atoms with Gasteiger partial charge in [-0.1, -0.05) is 0 Å². The molecule has 1 aromatic rings. The van der Waals surface area contributed by atoms with Crippen LogP contribution in [0.25, 0.3) is 0 Å². The Bertz CT molecular complexity index is 738. The fourth-order valence-electron chi connectivity index (χ4n) is 1.98. The minimum atomic E-state index is -1.02. The minimum Gasteiger partial charge on any atom is -0.465 e. The van der Waals surface area contributed by atoms with Gasteiger partial charge in [-0.25, -0.2) is 9.59 Å². The Morgan fingerprint density at radius 3 is 1.45 bits per heavy atom. The summed E-state index contributed by atoms with van der Waals surface area (Å²) in [5, 5.41) is 0. The highest BCUT2D eigenvalue weighted by Crippen LogP contribution is 2.18. The molecule has 0 fully saturated rings. The molecule has 0 saturated carbocycles. The van der Waals surface area contributed by atoms with Gasteiger partial charge in [-0.15, -0.1) is 0 Å². The number of carbonyl (C=O) groups excluding carboxylic acids is 4. The number of carbonyl (C=O) groups is 4. The summed E-state index contributed by atoms with van der Waals surface area (Å²) in [7, 11) is 2.10. The average molecular weight is 302 g/mol. The van der Waals surface area contributed by atoms with Crippen LogP contribution >= 0.6 is 0 Å². The Balaban J connectivity index is 2.94. The first-order valence-electron chi connectivity index (χ1n) is 6.06. The zero-order valence-corrected chi connectivity index (χ0v) is 11.7. The lowest BCUT2D eigenvalue weighted by atomic mass is 9.96. The van der Waals surface area contributed by atoms with Crippen LogP contribution in [0, 0.1) is 0 Å². The van der Waals surface area contributed by atoms with Gasteiger partial charge in [0.05, 0.1) is 14.2 Å². The lowest BCUT2D eigenvalue weighted by Crippen LogP contribution is -2.21. The van der Waals surface area contributed by atoms with Crippen molar-refractivity contribution in [3.8, 4) is 0 Å². The van der Waals surface area contributed by atoms with Gasteiger partial charge in [0.2, 0.25) is 5.43 Å². The first-order chi connectivity index (χ1) is 10.4. The van der Waals surface area contributed by atoms with Crippen molar-refractivity contribution in [2.45, 2.75) is 0 Å². The van der Waals surface area contributed by atoms with Crippen molar-refractivity contribution in [1.82, 2.24) is 0 Å². The lowest BCUT2D eigenvalue weighted by Gasteiger charge is -2.05. The highest BCUT2D eigenvalue weighted by Gasteiger charge is 2.26. The van der Waals surface area contributed by atoms with Crippen molar-refractivity contribution in [1.29, 1.82) is 0 Å². The summed E-state index contributed by atoms with van der Waals surface area (Å²) in [6.07, 6.45) is 2.04. The van der Waals surface area contributed by atoms with E-state index in [9.17, 15) is 24.0 Å². The van der Waals surface area contributed by atoms with Gasteiger partial charge in [0.25, 0.3) is 0 Å². The molecule has 0 saturated heterocycles. The standard InChI is InChI=1S/C15H10O7/c1-21-14(19)9-5-7-8(12(17)4-3-11(7)16)6-10(13(9)18)15(20)22-2/h3-6H,1-2H3. The van der Waals surface area contributed by atoms with Gasteiger partial charge in [0, 0.05) is 11.1 Å². The summed E-state index contributed by atoms with van der Waals surface area (Å²) in [6, 6.07) is 1.92. The van der Waals surface area contributed by atoms with E-state index in [1.165, 1.54) is 0 Å². The van der Waals surface area contributed by atoms with Gasteiger partial charge in [0.15, 0.2) is 11.6 Å². The Hall–Kier alpha value is -3.09. The highest BCUT2D eigenvalue weighted by molar-refractivity contribution is 6.22. The Labute approximate surface area is 124 Å². The number of hydrogen-bond acceptors (Lipinski definition) is 7. The number of allylic oxidation sites excluding steroid dienone is 2. The molecule has 0 atom stereocenters. The molecule has 7 heteroatoms. The number of hydrogen-bond donors (Lipinski definition) is 0. The van der Waals surface area contributed by atoms with Gasteiger partial charge in [0.1, 0.15) is 11.1 Å². The molecule has 0 spiro atoms. The van der Waals surface area contributed by atoms with Crippen LogP contribution in [0.15, 0.2) is 29.1 Å². The Kier molecular flexibility index (Phi) is 3.98. The normalized spacial score (nSPS) is 12.6. The number of esters is 2. The third-order valence-electron chi connectivity index (χ3n) is 3.08. The van der Waals surface area contributed by atoms with Crippen LogP contribution in [-0.4, -0.2) is 37.7 Å². The maximum absolute atomic E-state index is 12.3. The van der Waals surface area contributed by atoms with E-state index in [0.717, 1.165) is 38.5 Å². The van der Waals surface area contributed by atoms with Crippen molar-refractivity contribution in [3.05, 3.63) is 56.8 Å². The number of ether oxygens (including phenoxy) is 2. The number of ketones is 2. The molecule has 0 aromatic heterocycles. The molecule has 1 aromatic carbocycles. The second kappa shape index (κ2) is 5.72. The van der Waals surface area contributed by atoms with Gasteiger partial charge in [-0.2, -0.15) is 0 Å². The van der Waals surface area contributed by atoms with Gasteiger partial charge >= 0.3 is 11.9 Å². The van der Waals surface area contributed by atoms with Crippen molar-refractivity contribution in [3.63, 3.8) is 0 Å². The first kappa shape index (κ1) is 15.3. The molecule has 0 aliphatic heterocycles. The van der Waals surface area contributed by atoms with Crippen LogP contribution in [0.4, 0.5) is 0 Å². The van der Waals surface area contributed by atoms with Crippen molar-refractivity contribution >= 4 is 23.5 Å². The quantitative estimate of drug-likeness (QED) is 0.735. The van der Waals surface area contributed by atoms with Crippen molar-refractivity contribution < 1.29 is 28.7 Å². The third-order valence-corrected chi connectivity index (χ3v) is 3.08. The maximum atomic E-state index is 12.3. The van der Waals surface area contributed by atoms with E-state index in [1.54, 1.807) is 0 Å². The summed E-state index contributed by atoms with van der Waals surface area (Å²) >= 11 is 0. The Morgan fingerprint density at radius 1 is 0.773 bits per heavy atom. The minimum absolute atomic E-state index is 0.153. The van der Waals surface area contributed by atoms with E-state index in [1.807, 2.05) is 0 Å². The lowest BCUT2D eigenvalue weighted by molar-refractivity contribution is 0.0597. The van der Waals surface area contributed by atoms with Crippen LogP contribution < -0.4 is 5.43 Å². The summed E-state index contributed by atoms with van der Waals surface area (Å²) in [5.41, 5.74) is -2.34. The van der Waals surface area contributed by atoms with Crippen LogP contribution in [0.2, 0.25) is 0 Å².